The Morgan fingerprint density at radius 3 is 2.52 bits per heavy atom. The average molecular weight is 450 g/mol. The number of rotatable bonds is 9. The van der Waals surface area contributed by atoms with Crippen LogP contribution >= 0.6 is 0 Å². The van der Waals surface area contributed by atoms with E-state index >= 15 is 0 Å². The molecule has 1 aliphatic rings. The predicted octanol–water partition coefficient (Wildman–Crippen LogP) is 2.83. The zero-order valence-electron chi connectivity index (χ0n) is 18.1. The number of aromatic nitrogens is 1. The first-order valence-electron chi connectivity index (χ1n) is 11.0. The minimum Gasteiger partial charge on any atom is -0.467 e. The van der Waals surface area contributed by atoms with Crippen LogP contribution < -0.4 is 10.6 Å². The highest BCUT2D eigenvalue weighted by Crippen LogP contribution is 2.25. The Morgan fingerprint density at radius 1 is 1.06 bits per heavy atom. The lowest BCUT2D eigenvalue weighted by molar-refractivity contribution is -0.141. The smallest absolute Gasteiger partial charge is 0.287 e. The molecule has 0 radical (unpaired) electrons. The maximum atomic E-state index is 13.4. The van der Waals surface area contributed by atoms with E-state index in [-0.39, 0.29) is 30.8 Å². The zero-order valence-corrected chi connectivity index (χ0v) is 18.1. The van der Waals surface area contributed by atoms with Gasteiger partial charge >= 0.3 is 0 Å². The van der Waals surface area contributed by atoms with E-state index in [0.29, 0.717) is 11.3 Å². The predicted molar refractivity (Wildman–Crippen MR) is 118 cm³/mol. The molecule has 0 unspecified atom stereocenters. The lowest BCUT2D eigenvalue weighted by Gasteiger charge is -2.31. The van der Waals surface area contributed by atoms with Gasteiger partial charge in [-0.25, -0.2) is 0 Å². The third kappa shape index (κ3) is 5.68. The summed E-state index contributed by atoms with van der Waals surface area (Å²) in [6.07, 6.45) is 10.0. The minimum absolute atomic E-state index is 0.0557. The van der Waals surface area contributed by atoms with Gasteiger partial charge in [-0.3, -0.25) is 19.4 Å². The molecule has 0 aliphatic heterocycles. The summed E-state index contributed by atoms with van der Waals surface area (Å²) >= 11 is 0. The molecule has 33 heavy (non-hydrogen) atoms. The number of hydrogen-bond donors (Lipinski definition) is 2. The van der Waals surface area contributed by atoms with Crippen LogP contribution in [0.25, 0.3) is 0 Å². The number of nitrogens with one attached hydrogen (secondary N) is 2. The molecule has 0 bridgehead atoms. The van der Waals surface area contributed by atoms with Crippen molar-refractivity contribution in [1.82, 2.24) is 20.5 Å². The molecule has 3 aromatic heterocycles. The van der Waals surface area contributed by atoms with Gasteiger partial charge in [0.2, 0.25) is 11.8 Å². The fraction of sp³-hybridized carbons (Fsp3) is 0.333. The third-order valence-electron chi connectivity index (χ3n) is 5.63. The van der Waals surface area contributed by atoms with Gasteiger partial charge in [0.1, 0.15) is 11.8 Å². The normalized spacial score (nSPS) is 14.5. The monoisotopic (exact) mass is 450 g/mol. The van der Waals surface area contributed by atoms with Crippen LogP contribution in [0.1, 0.15) is 53.6 Å². The van der Waals surface area contributed by atoms with Crippen molar-refractivity contribution in [2.45, 2.75) is 44.3 Å². The molecule has 4 rings (SSSR count). The Kier molecular flexibility index (Phi) is 7.19. The molecule has 1 aliphatic carbocycles. The first-order chi connectivity index (χ1) is 16.1. The SMILES string of the molecule is O=C(NCC(=O)N(Cc1ccco1)[C@H](C(=O)NC1CCCC1)c1cccnc1)c1ccco1. The highest BCUT2D eigenvalue weighted by Gasteiger charge is 2.34. The number of nitrogens with zero attached hydrogens (tertiary/aromatic N) is 2. The molecule has 0 saturated heterocycles. The molecule has 1 fully saturated rings. The zero-order chi connectivity index (χ0) is 23.0. The summed E-state index contributed by atoms with van der Waals surface area (Å²) in [4.78, 5) is 44.6. The second-order valence-electron chi connectivity index (χ2n) is 7.94. The van der Waals surface area contributed by atoms with Crippen molar-refractivity contribution < 1.29 is 23.2 Å². The molecule has 9 nitrogen and oxygen atoms in total. The topological polar surface area (TPSA) is 118 Å². The summed E-state index contributed by atoms with van der Waals surface area (Å²) < 4.78 is 10.5. The van der Waals surface area contributed by atoms with Crippen molar-refractivity contribution in [2.75, 3.05) is 6.54 Å². The number of amides is 3. The van der Waals surface area contributed by atoms with Crippen LogP contribution in [0.2, 0.25) is 0 Å². The van der Waals surface area contributed by atoms with E-state index in [2.05, 4.69) is 15.6 Å². The van der Waals surface area contributed by atoms with Crippen LogP contribution in [0.15, 0.2) is 70.2 Å². The standard InChI is InChI=1S/C24H26N4O5/c29-21(15-26-23(30)20-10-5-13-33-20)28(16-19-9-4-12-32-19)22(17-6-3-11-25-14-17)24(31)27-18-7-1-2-8-18/h3-6,9-14,18,22H,1-2,7-8,15-16H2,(H,26,30)(H,27,31)/t22-/m0/s1. The summed E-state index contributed by atoms with van der Waals surface area (Å²) in [6, 6.07) is 9.17. The van der Waals surface area contributed by atoms with Crippen molar-refractivity contribution in [3.05, 3.63) is 78.4 Å². The summed E-state index contributed by atoms with van der Waals surface area (Å²) in [5.41, 5.74) is 0.574. The van der Waals surface area contributed by atoms with Crippen LogP contribution in [0.4, 0.5) is 0 Å². The van der Waals surface area contributed by atoms with Gasteiger partial charge in [-0.15, -0.1) is 0 Å². The third-order valence-corrected chi connectivity index (χ3v) is 5.63. The van der Waals surface area contributed by atoms with Crippen LogP contribution in [-0.4, -0.2) is 40.2 Å². The Balaban J connectivity index is 1.58. The van der Waals surface area contributed by atoms with Crippen molar-refractivity contribution in [2.24, 2.45) is 0 Å². The first kappa shape index (κ1) is 22.3. The molecule has 2 N–H and O–H groups in total. The van der Waals surface area contributed by atoms with E-state index in [9.17, 15) is 14.4 Å². The molecule has 0 aromatic carbocycles. The number of pyridine rings is 1. The van der Waals surface area contributed by atoms with Crippen molar-refractivity contribution in [1.29, 1.82) is 0 Å². The van der Waals surface area contributed by atoms with E-state index in [4.69, 9.17) is 8.83 Å². The molecule has 0 spiro atoms. The maximum absolute atomic E-state index is 13.4. The van der Waals surface area contributed by atoms with Crippen LogP contribution in [0.5, 0.6) is 0 Å². The molecule has 3 aromatic rings. The van der Waals surface area contributed by atoms with E-state index in [0.717, 1.165) is 25.7 Å². The van der Waals surface area contributed by atoms with Crippen LogP contribution in [0, 0.1) is 0 Å². The quantitative estimate of drug-likeness (QED) is 0.518. The minimum atomic E-state index is -0.933. The fourth-order valence-corrected chi connectivity index (χ4v) is 4.01. The summed E-state index contributed by atoms with van der Waals surface area (Å²) in [6.45, 7) is -0.256. The lowest BCUT2D eigenvalue weighted by Crippen LogP contribution is -2.48. The Labute approximate surface area is 191 Å². The Bertz CT molecular complexity index is 1040. The second kappa shape index (κ2) is 10.6. The van der Waals surface area contributed by atoms with Gasteiger partial charge in [-0.05, 0) is 43.2 Å². The number of carbonyl (C=O) groups is 3. The van der Waals surface area contributed by atoms with Gasteiger partial charge in [0.05, 0.1) is 25.6 Å². The van der Waals surface area contributed by atoms with Gasteiger partial charge in [0.25, 0.3) is 5.91 Å². The van der Waals surface area contributed by atoms with Crippen LogP contribution in [-0.2, 0) is 16.1 Å². The summed E-state index contributed by atoms with van der Waals surface area (Å²) in [5.74, 6) is -0.625. The second-order valence-corrected chi connectivity index (χ2v) is 7.94. The fourth-order valence-electron chi connectivity index (χ4n) is 4.01. The number of hydrogen-bond acceptors (Lipinski definition) is 6. The van der Waals surface area contributed by atoms with E-state index in [1.807, 2.05) is 0 Å². The van der Waals surface area contributed by atoms with Crippen molar-refractivity contribution in [3.8, 4) is 0 Å². The van der Waals surface area contributed by atoms with Gasteiger partial charge in [0.15, 0.2) is 5.76 Å². The molecular formula is C24H26N4O5. The Morgan fingerprint density at radius 2 is 1.85 bits per heavy atom. The first-order valence-corrected chi connectivity index (χ1v) is 11.0. The van der Waals surface area contributed by atoms with Crippen LogP contribution in [0.3, 0.4) is 0 Å². The van der Waals surface area contributed by atoms with Crippen molar-refractivity contribution >= 4 is 17.7 Å². The van der Waals surface area contributed by atoms with Gasteiger partial charge in [-0.2, -0.15) is 0 Å². The van der Waals surface area contributed by atoms with E-state index in [1.165, 1.54) is 23.5 Å². The lowest BCUT2D eigenvalue weighted by atomic mass is 10.0. The molecule has 1 saturated carbocycles. The average Bonchev–Trinajstić information content (AvgIpc) is 3.61. The Hall–Kier alpha value is -3.88. The molecule has 1 atom stereocenters. The van der Waals surface area contributed by atoms with E-state index in [1.54, 1.807) is 42.7 Å². The molecule has 9 heteroatoms. The maximum Gasteiger partial charge on any atom is 0.287 e. The molecular weight excluding hydrogens is 424 g/mol. The largest absolute Gasteiger partial charge is 0.467 e. The van der Waals surface area contributed by atoms with Gasteiger partial charge in [0, 0.05) is 24.0 Å². The summed E-state index contributed by atoms with van der Waals surface area (Å²) in [5, 5.41) is 5.65. The van der Waals surface area contributed by atoms with Crippen molar-refractivity contribution in [3.63, 3.8) is 0 Å². The highest BCUT2D eigenvalue weighted by molar-refractivity contribution is 5.95. The van der Waals surface area contributed by atoms with Gasteiger partial charge < -0.3 is 24.4 Å². The summed E-state index contributed by atoms with van der Waals surface area (Å²) in [7, 11) is 0. The number of furan rings is 2. The van der Waals surface area contributed by atoms with Gasteiger partial charge in [-0.1, -0.05) is 18.9 Å². The molecule has 3 amide bonds. The highest BCUT2D eigenvalue weighted by atomic mass is 16.3. The van der Waals surface area contributed by atoms with E-state index < -0.39 is 17.9 Å². The molecule has 3 heterocycles. The molecule has 172 valence electrons. The number of carbonyl (C=O) groups excluding carboxylic acids is 3.